The van der Waals surface area contributed by atoms with Crippen molar-refractivity contribution in [3.05, 3.63) is 0 Å². The van der Waals surface area contributed by atoms with E-state index >= 15 is 0 Å². The number of hydrogen-bond acceptors (Lipinski definition) is 1. The highest BCUT2D eigenvalue weighted by molar-refractivity contribution is 5.49. The molecule has 0 amide bonds. The van der Waals surface area contributed by atoms with E-state index in [2.05, 4.69) is 13.8 Å². The van der Waals surface area contributed by atoms with Crippen LogP contribution >= 0.6 is 0 Å². The number of carbonyl (C=O) groups is 1. The Morgan fingerprint density at radius 1 is 0.382 bits per heavy atom. The zero-order chi connectivity index (χ0) is 24.8. The van der Waals surface area contributed by atoms with E-state index in [-0.39, 0.29) is 0 Å². The minimum atomic E-state index is 0.665. The Bertz CT molecular complexity index is 364. The molecule has 0 saturated heterocycles. The molecule has 0 fully saturated rings. The molecule has 1 atom stereocenters. The van der Waals surface area contributed by atoms with Crippen LogP contribution in [0.25, 0.3) is 0 Å². The minimum absolute atomic E-state index is 0.665. The van der Waals surface area contributed by atoms with Gasteiger partial charge in [-0.15, -0.1) is 0 Å². The molecule has 0 aromatic rings. The molecule has 34 heavy (non-hydrogen) atoms. The fourth-order valence-electron chi connectivity index (χ4n) is 5.42. The molecule has 204 valence electrons. The fourth-order valence-corrected chi connectivity index (χ4v) is 5.42. The van der Waals surface area contributed by atoms with Crippen LogP contribution in [0, 0.1) is 5.92 Å². The standard InChI is InChI=1S/C33H66O/c1-3-5-7-9-11-13-15-17-18-20-22-24-26-28-30-33(31-32-34)29-27-25-23-21-19-16-14-12-10-8-6-4-2/h32-33H,3-31H2,1-2H3. The van der Waals surface area contributed by atoms with Gasteiger partial charge in [0.2, 0.25) is 0 Å². The number of rotatable bonds is 30. The monoisotopic (exact) mass is 479 g/mol. The second-order valence-corrected chi connectivity index (χ2v) is 11.3. The molecule has 0 aliphatic heterocycles. The van der Waals surface area contributed by atoms with Crippen molar-refractivity contribution in [2.75, 3.05) is 0 Å². The molecule has 1 nitrogen and oxygen atoms in total. The fraction of sp³-hybridized carbons (Fsp3) is 0.970. The normalized spacial score (nSPS) is 12.3. The van der Waals surface area contributed by atoms with Crippen molar-refractivity contribution in [1.82, 2.24) is 0 Å². The maximum Gasteiger partial charge on any atom is 0.120 e. The lowest BCUT2D eigenvalue weighted by Crippen LogP contribution is -2.02. The summed E-state index contributed by atoms with van der Waals surface area (Å²) >= 11 is 0. The number of carbonyl (C=O) groups excluding carboxylic acids is 1. The van der Waals surface area contributed by atoms with Gasteiger partial charge in [0, 0.05) is 6.42 Å². The van der Waals surface area contributed by atoms with Crippen molar-refractivity contribution in [2.24, 2.45) is 5.92 Å². The van der Waals surface area contributed by atoms with Crippen molar-refractivity contribution in [3.8, 4) is 0 Å². The number of aldehydes is 1. The van der Waals surface area contributed by atoms with Gasteiger partial charge in [0.15, 0.2) is 0 Å². The van der Waals surface area contributed by atoms with Gasteiger partial charge in [0.05, 0.1) is 0 Å². The minimum Gasteiger partial charge on any atom is -0.303 e. The largest absolute Gasteiger partial charge is 0.303 e. The SMILES string of the molecule is CCCCCCCCCCCCCCCCC(CC=O)CCCCCCCCCCCCCC. The Hall–Kier alpha value is -0.330. The van der Waals surface area contributed by atoms with Crippen molar-refractivity contribution in [2.45, 2.75) is 200 Å². The van der Waals surface area contributed by atoms with Crippen LogP contribution in [0.4, 0.5) is 0 Å². The first-order valence-corrected chi connectivity index (χ1v) is 16.3. The lowest BCUT2D eigenvalue weighted by molar-refractivity contribution is -0.108. The summed E-state index contributed by atoms with van der Waals surface area (Å²) in [5.74, 6) is 0.665. The summed E-state index contributed by atoms with van der Waals surface area (Å²) in [6.45, 7) is 4.59. The van der Waals surface area contributed by atoms with E-state index in [0.717, 1.165) is 6.42 Å². The highest BCUT2D eigenvalue weighted by Crippen LogP contribution is 2.22. The van der Waals surface area contributed by atoms with Crippen molar-refractivity contribution >= 4 is 6.29 Å². The molecule has 0 saturated carbocycles. The van der Waals surface area contributed by atoms with Crippen molar-refractivity contribution in [1.29, 1.82) is 0 Å². The molecule has 0 radical (unpaired) electrons. The van der Waals surface area contributed by atoms with Crippen LogP contribution in [0.1, 0.15) is 200 Å². The third-order valence-electron chi connectivity index (χ3n) is 7.86. The van der Waals surface area contributed by atoms with E-state index < -0.39 is 0 Å². The highest BCUT2D eigenvalue weighted by Gasteiger charge is 2.08. The molecule has 0 aliphatic carbocycles. The average Bonchev–Trinajstić information content (AvgIpc) is 2.84. The first kappa shape index (κ1) is 33.7. The van der Waals surface area contributed by atoms with Gasteiger partial charge in [0.1, 0.15) is 6.29 Å². The zero-order valence-electron chi connectivity index (χ0n) is 24.1. The topological polar surface area (TPSA) is 17.1 Å². The molecule has 0 N–H and O–H groups in total. The van der Waals surface area contributed by atoms with Gasteiger partial charge in [-0.2, -0.15) is 0 Å². The summed E-state index contributed by atoms with van der Waals surface area (Å²) in [6.07, 6.45) is 41.5. The summed E-state index contributed by atoms with van der Waals surface area (Å²) < 4.78 is 0. The van der Waals surface area contributed by atoms with Crippen LogP contribution in [-0.2, 0) is 4.79 Å². The highest BCUT2D eigenvalue weighted by atomic mass is 16.1. The van der Waals surface area contributed by atoms with Crippen LogP contribution in [0.2, 0.25) is 0 Å². The molecule has 0 aliphatic rings. The Kier molecular flexibility index (Phi) is 30.4. The Labute approximate surface area is 217 Å². The smallest absolute Gasteiger partial charge is 0.120 e. The predicted molar refractivity (Wildman–Crippen MR) is 155 cm³/mol. The van der Waals surface area contributed by atoms with E-state index in [1.807, 2.05) is 0 Å². The molecule has 1 unspecified atom stereocenters. The molecule has 0 aromatic heterocycles. The maximum absolute atomic E-state index is 11.1. The van der Waals surface area contributed by atoms with Gasteiger partial charge in [-0.1, -0.05) is 194 Å². The van der Waals surface area contributed by atoms with E-state index in [4.69, 9.17) is 0 Å². The summed E-state index contributed by atoms with van der Waals surface area (Å²) in [6, 6.07) is 0. The predicted octanol–water partition coefficient (Wildman–Crippen LogP) is 12.2. The number of unbranched alkanes of at least 4 members (excludes halogenated alkanes) is 24. The lowest BCUT2D eigenvalue weighted by Gasteiger charge is -2.14. The first-order chi connectivity index (χ1) is 16.8. The van der Waals surface area contributed by atoms with Gasteiger partial charge in [-0.3, -0.25) is 0 Å². The van der Waals surface area contributed by atoms with Crippen LogP contribution < -0.4 is 0 Å². The van der Waals surface area contributed by atoms with Crippen LogP contribution in [0.15, 0.2) is 0 Å². The Morgan fingerprint density at radius 2 is 0.618 bits per heavy atom. The quantitative estimate of drug-likeness (QED) is 0.0740. The van der Waals surface area contributed by atoms with Crippen LogP contribution in [-0.4, -0.2) is 6.29 Å². The third-order valence-corrected chi connectivity index (χ3v) is 7.86. The van der Waals surface area contributed by atoms with E-state index in [1.54, 1.807) is 0 Å². The molecule has 0 heterocycles. The molecular formula is C33H66O. The van der Waals surface area contributed by atoms with Crippen molar-refractivity contribution in [3.63, 3.8) is 0 Å². The number of hydrogen-bond donors (Lipinski definition) is 0. The van der Waals surface area contributed by atoms with Gasteiger partial charge in [-0.05, 0) is 5.92 Å². The van der Waals surface area contributed by atoms with E-state index in [0.29, 0.717) is 5.92 Å². The molecule has 0 bridgehead atoms. The summed E-state index contributed by atoms with van der Waals surface area (Å²) in [5, 5.41) is 0. The van der Waals surface area contributed by atoms with E-state index in [1.165, 1.54) is 186 Å². The summed E-state index contributed by atoms with van der Waals surface area (Å²) in [7, 11) is 0. The molecule has 0 rings (SSSR count). The first-order valence-electron chi connectivity index (χ1n) is 16.3. The van der Waals surface area contributed by atoms with Gasteiger partial charge < -0.3 is 4.79 Å². The maximum atomic E-state index is 11.1. The summed E-state index contributed by atoms with van der Waals surface area (Å²) in [5.41, 5.74) is 0. The third kappa shape index (κ3) is 27.9. The van der Waals surface area contributed by atoms with Gasteiger partial charge in [-0.25, -0.2) is 0 Å². The van der Waals surface area contributed by atoms with Crippen LogP contribution in [0.3, 0.4) is 0 Å². The Balaban J connectivity index is 3.38. The second kappa shape index (κ2) is 30.7. The Morgan fingerprint density at radius 3 is 0.853 bits per heavy atom. The van der Waals surface area contributed by atoms with Gasteiger partial charge >= 0.3 is 0 Å². The second-order valence-electron chi connectivity index (χ2n) is 11.3. The van der Waals surface area contributed by atoms with Gasteiger partial charge in [0.25, 0.3) is 0 Å². The molecule has 1 heteroatoms. The summed E-state index contributed by atoms with van der Waals surface area (Å²) in [4.78, 5) is 11.1. The van der Waals surface area contributed by atoms with Crippen LogP contribution in [0.5, 0.6) is 0 Å². The molecular weight excluding hydrogens is 412 g/mol. The zero-order valence-corrected chi connectivity index (χ0v) is 24.1. The van der Waals surface area contributed by atoms with Crippen molar-refractivity contribution < 1.29 is 4.79 Å². The molecule has 0 aromatic carbocycles. The van der Waals surface area contributed by atoms with E-state index in [9.17, 15) is 4.79 Å². The lowest BCUT2D eigenvalue weighted by atomic mass is 9.92. The average molecular weight is 479 g/mol. The molecule has 0 spiro atoms.